The van der Waals surface area contributed by atoms with Gasteiger partial charge in [0.25, 0.3) is 11.5 Å². The van der Waals surface area contributed by atoms with Gasteiger partial charge in [0.05, 0.1) is 21.6 Å². The van der Waals surface area contributed by atoms with Gasteiger partial charge in [-0.25, -0.2) is 18.3 Å². The molecule has 0 aliphatic heterocycles. The lowest BCUT2D eigenvalue weighted by Gasteiger charge is -2.25. The van der Waals surface area contributed by atoms with E-state index >= 15 is 0 Å². The normalized spacial score (nSPS) is 12.2. The van der Waals surface area contributed by atoms with Crippen molar-refractivity contribution in [3.63, 3.8) is 0 Å². The van der Waals surface area contributed by atoms with Gasteiger partial charge in [0.2, 0.25) is 0 Å². The van der Waals surface area contributed by atoms with Crippen LogP contribution >= 0.6 is 15.9 Å². The predicted molar refractivity (Wildman–Crippen MR) is 96.9 cm³/mol. The molecule has 0 spiro atoms. The van der Waals surface area contributed by atoms with E-state index in [9.17, 15) is 22.8 Å². The summed E-state index contributed by atoms with van der Waals surface area (Å²) in [4.78, 5) is 25.8. The number of carbonyl (C=O) groups excluding carboxylic acids is 1. The average Bonchev–Trinajstić information content (AvgIpc) is 2.64. The zero-order chi connectivity index (χ0) is 19.9. The Kier molecular flexibility index (Phi) is 5.05. The Morgan fingerprint density at radius 2 is 1.74 bits per heavy atom. The lowest BCUT2D eigenvalue weighted by atomic mass is 10.0. The molecule has 0 radical (unpaired) electrons. The topological polar surface area (TPSA) is 66.1 Å². The molecule has 0 bridgehead atoms. The maximum atomic E-state index is 13.7. The highest BCUT2D eigenvalue weighted by atomic mass is 79.9. The number of fused-ring (bicyclic) bond motifs is 1. The Balaban J connectivity index is 2.04. The van der Waals surface area contributed by atoms with Crippen molar-refractivity contribution in [1.29, 1.82) is 0 Å². The third-order valence-corrected chi connectivity index (χ3v) is 4.97. The number of hydrogen-bond acceptors (Lipinski definition) is 3. The first kappa shape index (κ1) is 19.1. The van der Waals surface area contributed by atoms with Gasteiger partial charge in [0.1, 0.15) is 5.82 Å². The molecule has 0 saturated carbocycles. The Morgan fingerprint density at radius 1 is 1.11 bits per heavy atom. The summed E-state index contributed by atoms with van der Waals surface area (Å²) in [5.41, 5.74) is -0.392. The van der Waals surface area contributed by atoms with Crippen LogP contribution in [-0.4, -0.2) is 28.1 Å². The molecule has 1 amide bonds. The van der Waals surface area contributed by atoms with Gasteiger partial charge in [0, 0.05) is 18.0 Å². The van der Waals surface area contributed by atoms with Crippen molar-refractivity contribution in [2.75, 3.05) is 7.05 Å². The molecule has 0 saturated heterocycles. The van der Waals surface area contributed by atoms with E-state index < -0.39 is 35.0 Å². The first-order valence-corrected chi connectivity index (χ1v) is 8.59. The van der Waals surface area contributed by atoms with Crippen LogP contribution in [0.25, 0.3) is 10.8 Å². The fraction of sp³-hybridized carbons (Fsp3) is 0.167. The maximum Gasteiger partial charge on any atom is 0.272 e. The molecule has 1 heterocycles. The van der Waals surface area contributed by atoms with Gasteiger partial charge in [-0.3, -0.25) is 9.59 Å². The van der Waals surface area contributed by atoms with Crippen molar-refractivity contribution < 1.29 is 18.0 Å². The summed E-state index contributed by atoms with van der Waals surface area (Å²) in [7, 11) is 1.46. The zero-order valence-corrected chi connectivity index (χ0v) is 15.8. The molecule has 0 fully saturated rings. The molecule has 1 N–H and O–H groups in total. The van der Waals surface area contributed by atoms with E-state index in [1.807, 2.05) is 0 Å². The molecule has 1 aromatic heterocycles. The van der Waals surface area contributed by atoms with Crippen LogP contribution in [0.5, 0.6) is 0 Å². The van der Waals surface area contributed by atoms with Crippen LogP contribution in [0.2, 0.25) is 0 Å². The maximum absolute atomic E-state index is 13.7. The number of hydrogen-bond donors (Lipinski definition) is 1. The second-order valence-corrected chi connectivity index (χ2v) is 6.83. The number of aromatic nitrogens is 2. The van der Waals surface area contributed by atoms with Gasteiger partial charge in [-0.1, -0.05) is 0 Å². The number of H-pyrrole nitrogens is 1. The summed E-state index contributed by atoms with van der Waals surface area (Å²) in [6, 6.07) is 4.89. The minimum absolute atomic E-state index is 0.0821. The summed E-state index contributed by atoms with van der Waals surface area (Å²) in [6.07, 6.45) is 0. The van der Waals surface area contributed by atoms with Gasteiger partial charge in [-0.2, -0.15) is 5.10 Å². The molecule has 1 atom stereocenters. The SMILES string of the molecule is C[C@@H](c1n[nH]c(=O)c2cc(F)c(F)cc12)N(C)C(=O)c1ccc(Br)c(F)c1. The Labute approximate surface area is 159 Å². The van der Waals surface area contributed by atoms with Gasteiger partial charge >= 0.3 is 0 Å². The molecule has 27 heavy (non-hydrogen) atoms. The van der Waals surface area contributed by atoms with Crippen molar-refractivity contribution in [3.05, 3.63) is 73.9 Å². The molecular formula is C18H13BrF3N3O2. The van der Waals surface area contributed by atoms with E-state index in [0.717, 1.165) is 18.2 Å². The predicted octanol–water partition coefficient (Wildman–Crippen LogP) is 3.94. The highest BCUT2D eigenvalue weighted by molar-refractivity contribution is 9.10. The van der Waals surface area contributed by atoms with Crippen LogP contribution in [0.4, 0.5) is 13.2 Å². The molecular weight excluding hydrogens is 427 g/mol. The Morgan fingerprint density at radius 3 is 2.37 bits per heavy atom. The van der Waals surface area contributed by atoms with Crippen LogP contribution < -0.4 is 5.56 Å². The van der Waals surface area contributed by atoms with Crippen molar-refractivity contribution in [2.45, 2.75) is 13.0 Å². The van der Waals surface area contributed by atoms with Crippen LogP contribution in [-0.2, 0) is 0 Å². The first-order chi connectivity index (χ1) is 12.7. The fourth-order valence-electron chi connectivity index (χ4n) is 2.69. The fourth-order valence-corrected chi connectivity index (χ4v) is 2.94. The van der Waals surface area contributed by atoms with E-state index in [1.165, 1.54) is 24.1 Å². The second-order valence-electron chi connectivity index (χ2n) is 5.97. The monoisotopic (exact) mass is 439 g/mol. The number of nitrogens with one attached hydrogen (secondary N) is 1. The zero-order valence-electron chi connectivity index (χ0n) is 14.2. The number of carbonyl (C=O) groups is 1. The smallest absolute Gasteiger partial charge is 0.272 e. The molecule has 3 rings (SSSR count). The molecule has 5 nitrogen and oxygen atoms in total. The van der Waals surface area contributed by atoms with Gasteiger partial charge in [-0.15, -0.1) is 0 Å². The summed E-state index contributed by atoms with van der Waals surface area (Å²) in [5.74, 6) is -3.38. The molecule has 0 aliphatic carbocycles. The minimum atomic E-state index is -1.16. The Bertz CT molecular complexity index is 1120. The lowest BCUT2D eigenvalue weighted by Crippen LogP contribution is -2.31. The number of halogens is 4. The van der Waals surface area contributed by atoms with Crippen molar-refractivity contribution in [3.8, 4) is 0 Å². The largest absolute Gasteiger partial charge is 0.333 e. The number of amides is 1. The van der Waals surface area contributed by atoms with E-state index in [2.05, 4.69) is 26.1 Å². The first-order valence-electron chi connectivity index (χ1n) is 7.80. The third kappa shape index (κ3) is 3.46. The summed E-state index contributed by atoms with van der Waals surface area (Å²) >= 11 is 3.02. The van der Waals surface area contributed by atoms with E-state index in [-0.39, 0.29) is 26.5 Å². The number of nitrogens with zero attached hydrogens (tertiary/aromatic N) is 2. The highest BCUT2D eigenvalue weighted by Gasteiger charge is 2.24. The van der Waals surface area contributed by atoms with Gasteiger partial charge in [0.15, 0.2) is 11.6 Å². The summed E-state index contributed by atoms with van der Waals surface area (Å²) in [6.45, 7) is 1.61. The average molecular weight is 440 g/mol. The van der Waals surface area contributed by atoms with E-state index in [1.54, 1.807) is 6.92 Å². The molecule has 140 valence electrons. The van der Waals surface area contributed by atoms with E-state index in [0.29, 0.717) is 0 Å². The molecule has 0 aliphatic rings. The molecule has 2 aromatic carbocycles. The van der Waals surface area contributed by atoms with Crippen molar-refractivity contribution in [1.82, 2.24) is 15.1 Å². The lowest BCUT2D eigenvalue weighted by molar-refractivity contribution is 0.0739. The van der Waals surface area contributed by atoms with Gasteiger partial charge in [-0.05, 0) is 53.2 Å². The molecule has 0 unspecified atom stereocenters. The number of aromatic amines is 1. The molecule has 9 heteroatoms. The Hall–Kier alpha value is -2.68. The van der Waals surface area contributed by atoms with Crippen molar-refractivity contribution in [2.24, 2.45) is 0 Å². The highest BCUT2D eigenvalue weighted by Crippen LogP contribution is 2.27. The second kappa shape index (κ2) is 7.15. The number of benzene rings is 2. The van der Waals surface area contributed by atoms with Crippen LogP contribution in [0.1, 0.15) is 29.0 Å². The van der Waals surface area contributed by atoms with Crippen molar-refractivity contribution >= 4 is 32.6 Å². The van der Waals surface area contributed by atoms with E-state index in [4.69, 9.17) is 0 Å². The van der Waals surface area contributed by atoms with Crippen LogP contribution in [0, 0.1) is 17.5 Å². The quantitative estimate of drug-likeness (QED) is 0.671. The number of rotatable bonds is 3. The standard InChI is InChI=1S/C18H13BrF3N3O2/c1-8(25(2)18(27)9-3-4-12(19)13(20)5-9)16-10-6-14(21)15(22)7-11(10)17(26)24-23-16/h3-8H,1-2H3,(H,24,26)/t8-/m0/s1. The summed E-state index contributed by atoms with van der Waals surface area (Å²) in [5, 5.41) is 6.13. The minimum Gasteiger partial charge on any atom is -0.333 e. The third-order valence-electron chi connectivity index (χ3n) is 4.32. The van der Waals surface area contributed by atoms with Crippen LogP contribution in [0.3, 0.4) is 0 Å². The van der Waals surface area contributed by atoms with Crippen LogP contribution in [0.15, 0.2) is 39.6 Å². The summed E-state index contributed by atoms with van der Waals surface area (Å²) < 4.78 is 41.1. The van der Waals surface area contributed by atoms with Gasteiger partial charge < -0.3 is 4.90 Å². The molecule has 3 aromatic rings.